The molecule has 0 spiro atoms. The molecule has 0 saturated heterocycles. The zero-order valence-corrected chi connectivity index (χ0v) is 17.5. The summed E-state index contributed by atoms with van der Waals surface area (Å²) < 4.78 is 7.46. The van der Waals surface area contributed by atoms with Gasteiger partial charge in [-0.25, -0.2) is 14.5 Å². The highest BCUT2D eigenvalue weighted by atomic mass is 35.5. The van der Waals surface area contributed by atoms with E-state index in [-0.39, 0.29) is 5.56 Å². The third kappa shape index (κ3) is 4.46. The number of aryl methyl sites for hydroxylation is 2. The highest BCUT2D eigenvalue weighted by Gasteiger charge is 2.12. The largest absolute Gasteiger partial charge is 0.492 e. The van der Waals surface area contributed by atoms with Gasteiger partial charge in [-0.05, 0) is 37.6 Å². The van der Waals surface area contributed by atoms with Crippen LogP contribution in [0.4, 0.5) is 0 Å². The van der Waals surface area contributed by atoms with Crippen LogP contribution >= 0.6 is 23.4 Å². The molecule has 0 aliphatic rings. The molecule has 4 aromatic rings. The van der Waals surface area contributed by atoms with Gasteiger partial charge in [-0.2, -0.15) is 0 Å². The van der Waals surface area contributed by atoms with Crippen LogP contribution in [0.3, 0.4) is 0 Å². The Labute approximate surface area is 176 Å². The molecular weight excluding hydrogens is 408 g/mol. The summed E-state index contributed by atoms with van der Waals surface area (Å²) in [4.78, 5) is 21.0. The highest BCUT2D eigenvalue weighted by Crippen LogP contribution is 2.24. The summed E-state index contributed by atoms with van der Waals surface area (Å²) in [6.07, 6.45) is 0. The van der Waals surface area contributed by atoms with Crippen molar-refractivity contribution in [3.8, 4) is 17.1 Å². The van der Waals surface area contributed by atoms with Gasteiger partial charge in [-0.15, -0.1) is 0 Å². The van der Waals surface area contributed by atoms with Crippen molar-refractivity contribution in [3.63, 3.8) is 0 Å². The standard InChI is InChI=1S/C21H19ClN4O2S/c1-13-3-5-15(6-4-13)20-23-18-12-19(27)25-26(18)21(24-20)29-10-9-28-17-8-7-16(22)11-14(17)2/h3-8,11-12H,9-10H2,1-2H3,(H,25,27). The Bertz CT molecular complexity index is 1220. The predicted octanol–water partition coefficient (Wildman–Crippen LogP) is 4.53. The number of nitrogens with zero attached hydrogens (tertiary/aromatic N) is 3. The van der Waals surface area contributed by atoms with Gasteiger partial charge in [-0.3, -0.25) is 9.89 Å². The quantitative estimate of drug-likeness (QED) is 0.362. The van der Waals surface area contributed by atoms with Gasteiger partial charge in [0, 0.05) is 22.4 Å². The lowest BCUT2D eigenvalue weighted by molar-refractivity contribution is 0.341. The third-order valence-electron chi connectivity index (χ3n) is 4.34. The molecule has 6 nitrogen and oxygen atoms in total. The Hall–Kier alpha value is -2.77. The summed E-state index contributed by atoms with van der Waals surface area (Å²) in [5.41, 5.74) is 3.38. The summed E-state index contributed by atoms with van der Waals surface area (Å²) in [5.74, 6) is 2.04. The number of aromatic amines is 1. The number of halogens is 1. The Morgan fingerprint density at radius 3 is 2.66 bits per heavy atom. The van der Waals surface area contributed by atoms with Crippen LogP contribution < -0.4 is 10.3 Å². The van der Waals surface area contributed by atoms with Gasteiger partial charge in [0.15, 0.2) is 16.6 Å². The first-order valence-electron chi connectivity index (χ1n) is 9.08. The van der Waals surface area contributed by atoms with Crippen LogP contribution in [-0.2, 0) is 0 Å². The van der Waals surface area contributed by atoms with Gasteiger partial charge in [0.25, 0.3) is 5.56 Å². The molecule has 0 bridgehead atoms. The fraction of sp³-hybridized carbons (Fsp3) is 0.190. The summed E-state index contributed by atoms with van der Waals surface area (Å²) in [5, 5.41) is 4.09. The molecule has 0 radical (unpaired) electrons. The first kappa shape index (κ1) is 19.5. The SMILES string of the molecule is Cc1ccc(-c2nc(SCCOc3ccc(Cl)cc3C)n3[nH]c(=O)cc3n2)cc1. The van der Waals surface area contributed by atoms with E-state index in [1.165, 1.54) is 17.8 Å². The van der Waals surface area contributed by atoms with Gasteiger partial charge >= 0.3 is 0 Å². The number of hydrogen-bond donors (Lipinski definition) is 1. The molecule has 4 rings (SSSR count). The van der Waals surface area contributed by atoms with Crippen molar-refractivity contribution in [3.05, 3.63) is 75.0 Å². The molecular formula is C21H19ClN4O2S. The van der Waals surface area contributed by atoms with Crippen molar-refractivity contribution in [2.45, 2.75) is 19.0 Å². The van der Waals surface area contributed by atoms with Gasteiger partial charge in [0.2, 0.25) is 0 Å². The number of rotatable bonds is 6. The van der Waals surface area contributed by atoms with Gasteiger partial charge in [-0.1, -0.05) is 53.2 Å². The molecule has 0 saturated carbocycles. The molecule has 0 fully saturated rings. The van der Waals surface area contributed by atoms with Gasteiger partial charge < -0.3 is 4.74 Å². The zero-order valence-electron chi connectivity index (χ0n) is 16.0. The summed E-state index contributed by atoms with van der Waals surface area (Å²) >= 11 is 7.48. The average Bonchev–Trinajstić information content (AvgIpc) is 3.07. The van der Waals surface area contributed by atoms with Crippen LogP contribution in [0.5, 0.6) is 5.75 Å². The molecule has 2 aromatic heterocycles. The van der Waals surface area contributed by atoms with Crippen molar-refractivity contribution in [1.29, 1.82) is 0 Å². The van der Waals surface area contributed by atoms with E-state index in [2.05, 4.69) is 15.1 Å². The van der Waals surface area contributed by atoms with Crippen LogP contribution in [-0.4, -0.2) is 31.9 Å². The summed E-state index contributed by atoms with van der Waals surface area (Å²) in [7, 11) is 0. The predicted molar refractivity (Wildman–Crippen MR) is 116 cm³/mol. The lowest BCUT2D eigenvalue weighted by Crippen LogP contribution is -2.07. The normalized spacial score (nSPS) is 11.1. The number of ether oxygens (including phenoxy) is 1. The van der Waals surface area contributed by atoms with Gasteiger partial charge in [0.05, 0.1) is 6.61 Å². The maximum atomic E-state index is 11.8. The number of thioether (sulfide) groups is 1. The van der Waals surface area contributed by atoms with Crippen LogP contribution in [0.25, 0.3) is 17.0 Å². The van der Waals surface area contributed by atoms with E-state index in [9.17, 15) is 4.79 Å². The summed E-state index contributed by atoms with van der Waals surface area (Å²) in [6, 6.07) is 15.0. The molecule has 2 aromatic carbocycles. The van der Waals surface area contributed by atoms with Crippen LogP contribution in [0.15, 0.2) is 58.5 Å². The Balaban J connectivity index is 1.54. The van der Waals surface area contributed by atoms with E-state index < -0.39 is 0 Å². The second kappa shape index (κ2) is 8.31. The number of aromatic nitrogens is 4. The van der Waals surface area contributed by atoms with E-state index in [1.54, 1.807) is 4.52 Å². The van der Waals surface area contributed by atoms with E-state index in [0.717, 1.165) is 22.4 Å². The second-order valence-corrected chi connectivity index (χ2v) is 8.12. The molecule has 29 heavy (non-hydrogen) atoms. The maximum absolute atomic E-state index is 11.8. The Morgan fingerprint density at radius 1 is 1.10 bits per heavy atom. The number of nitrogens with one attached hydrogen (secondary N) is 1. The lowest BCUT2D eigenvalue weighted by Gasteiger charge is -2.10. The number of hydrogen-bond acceptors (Lipinski definition) is 5. The third-order valence-corrected chi connectivity index (χ3v) is 5.48. The zero-order chi connectivity index (χ0) is 20.4. The van der Waals surface area contributed by atoms with E-state index in [4.69, 9.17) is 16.3 Å². The minimum absolute atomic E-state index is 0.213. The first-order chi connectivity index (χ1) is 14.0. The molecule has 0 aliphatic heterocycles. The topological polar surface area (TPSA) is 72.3 Å². The van der Waals surface area contributed by atoms with Crippen molar-refractivity contribution in [2.75, 3.05) is 12.4 Å². The monoisotopic (exact) mass is 426 g/mol. The maximum Gasteiger partial charge on any atom is 0.266 e. The molecule has 0 aliphatic carbocycles. The van der Waals surface area contributed by atoms with Crippen molar-refractivity contribution in [1.82, 2.24) is 19.6 Å². The van der Waals surface area contributed by atoms with Crippen LogP contribution in [0, 0.1) is 13.8 Å². The molecule has 2 heterocycles. The molecule has 0 amide bonds. The molecule has 0 unspecified atom stereocenters. The molecule has 1 N–H and O–H groups in total. The van der Waals surface area contributed by atoms with Crippen molar-refractivity contribution >= 4 is 29.0 Å². The summed E-state index contributed by atoms with van der Waals surface area (Å²) in [6.45, 7) is 4.48. The molecule has 8 heteroatoms. The van der Waals surface area contributed by atoms with Crippen molar-refractivity contribution < 1.29 is 4.74 Å². The van der Waals surface area contributed by atoms with Crippen molar-refractivity contribution in [2.24, 2.45) is 0 Å². The minimum Gasteiger partial charge on any atom is -0.492 e. The Kier molecular flexibility index (Phi) is 5.60. The molecule has 0 atom stereocenters. The van der Waals surface area contributed by atoms with Gasteiger partial charge in [0.1, 0.15) is 5.75 Å². The van der Waals surface area contributed by atoms with E-state index >= 15 is 0 Å². The number of H-pyrrole nitrogens is 1. The smallest absolute Gasteiger partial charge is 0.266 e. The lowest BCUT2D eigenvalue weighted by atomic mass is 10.1. The first-order valence-corrected chi connectivity index (χ1v) is 10.4. The van der Waals surface area contributed by atoms with E-state index in [0.29, 0.717) is 34.0 Å². The van der Waals surface area contributed by atoms with Crippen LogP contribution in [0.1, 0.15) is 11.1 Å². The second-order valence-electron chi connectivity index (χ2n) is 6.62. The average molecular weight is 427 g/mol. The van der Waals surface area contributed by atoms with Crippen LogP contribution in [0.2, 0.25) is 5.02 Å². The number of benzene rings is 2. The van der Waals surface area contributed by atoms with E-state index in [1.807, 2.05) is 56.3 Å². The fourth-order valence-electron chi connectivity index (χ4n) is 2.87. The highest BCUT2D eigenvalue weighted by molar-refractivity contribution is 7.99. The minimum atomic E-state index is -0.213. The Morgan fingerprint density at radius 2 is 1.90 bits per heavy atom. The molecule has 148 valence electrons. The number of fused-ring (bicyclic) bond motifs is 1. The fourth-order valence-corrected chi connectivity index (χ4v) is 3.87.